The van der Waals surface area contributed by atoms with E-state index in [1.807, 2.05) is 12.1 Å². The Hall–Kier alpha value is -0.480. The molecule has 1 atom stereocenters. The van der Waals surface area contributed by atoms with Crippen LogP contribution in [0.25, 0.3) is 0 Å². The van der Waals surface area contributed by atoms with Gasteiger partial charge < -0.3 is 10.1 Å². The standard InChI is InChI=1S/C15H22Cl2N2O/c1-3-19-6-4-5-12(19)10-18-9-11-7-13(16)15(20-2)14(17)8-11/h7-8,12,18H,3-6,9-10H2,1-2H3. The number of hydrogen-bond donors (Lipinski definition) is 1. The first-order valence-electron chi connectivity index (χ1n) is 7.12. The molecule has 1 unspecified atom stereocenters. The van der Waals surface area contributed by atoms with Gasteiger partial charge in [0.2, 0.25) is 0 Å². The lowest BCUT2D eigenvalue weighted by Crippen LogP contribution is -2.37. The van der Waals surface area contributed by atoms with E-state index in [1.165, 1.54) is 19.4 Å². The van der Waals surface area contributed by atoms with Crippen LogP contribution in [0.4, 0.5) is 0 Å². The van der Waals surface area contributed by atoms with Crippen molar-refractivity contribution in [3.8, 4) is 5.75 Å². The van der Waals surface area contributed by atoms with Gasteiger partial charge in [0.25, 0.3) is 0 Å². The SMILES string of the molecule is CCN1CCCC1CNCc1cc(Cl)c(OC)c(Cl)c1. The normalized spacial score (nSPS) is 19.5. The molecular weight excluding hydrogens is 295 g/mol. The Labute approximate surface area is 131 Å². The number of likely N-dealkylation sites (tertiary alicyclic amines) is 1. The molecule has 1 aromatic carbocycles. The van der Waals surface area contributed by atoms with Crippen LogP contribution in [0.1, 0.15) is 25.3 Å². The lowest BCUT2D eigenvalue weighted by Gasteiger charge is -2.23. The summed E-state index contributed by atoms with van der Waals surface area (Å²) in [5.74, 6) is 0.546. The summed E-state index contributed by atoms with van der Waals surface area (Å²) >= 11 is 12.3. The van der Waals surface area contributed by atoms with Crippen molar-refractivity contribution in [1.29, 1.82) is 0 Å². The molecule has 1 aliphatic rings. The number of nitrogens with zero attached hydrogens (tertiary/aromatic N) is 1. The van der Waals surface area contributed by atoms with E-state index in [4.69, 9.17) is 27.9 Å². The zero-order valence-corrected chi connectivity index (χ0v) is 13.6. The molecule has 1 N–H and O–H groups in total. The van der Waals surface area contributed by atoms with E-state index < -0.39 is 0 Å². The van der Waals surface area contributed by atoms with Crippen molar-refractivity contribution in [2.75, 3.05) is 26.7 Å². The predicted octanol–water partition coefficient (Wildman–Crippen LogP) is 3.58. The fourth-order valence-corrected chi connectivity index (χ4v) is 3.52. The van der Waals surface area contributed by atoms with Crippen molar-refractivity contribution in [2.45, 2.75) is 32.4 Å². The highest BCUT2D eigenvalue weighted by Crippen LogP contribution is 2.33. The molecule has 1 heterocycles. The van der Waals surface area contributed by atoms with Crippen molar-refractivity contribution in [2.24, 2.45) is 0 Å². The summed E-state index contributed by atoms with van der Waals surface area (Å²) in [4.78, 5) is 2.53. The van der Waals surface area contributed by atoms with Gasteiger partial charge in [-0.1, -0.05) is 30.1 Å². The molecule has 1 aliphatic heterocycles. The lowest BCUT2D eigenvalue weighted by atomic mass is 10.2. The summed E-state index contributed by atoms with van der Waals surface area (Å²) in [7, 11) is 1.57. The van der Waals surface area contributed by atoms with Crippen LogP contribution in [0.5, 0.6) is 5.75 Å². The van der Waals surface area contributed by atoms with E-state index in [2.05, 4.69) is 17.1 Å². The molecule has 1 fully saturated rings. The molecule has 0 bridgehead atoms. The Balaban J connectivity index is 1.88. The molecule has 2 rings (SSSR count). The van der Waals surface area contributed by atoms with Crippen molar-refractivity contribution >= 4 is 23.2 Å². The van der Waals surface area contributed by atoms with Crippen LogP contribution in [-0.4, -0.2) is 37.7 Å². The summed E-state index contributed by atoms with van der Waals surface area (Å²) in [6, 6.07) is 4.47. The Kier molecular flexibility index (Phi) is 5.97. The fraction of sp³-hybridized carbons (Fsp3) is 0.600. The highest BCUT2D eigenvalue weighted by molar-refractivity contribution is 6.37. The Bertz CT molecular complexity index is 430. The number of ether oxygens (including phenoxy) is 1. The zero-order valence-electron chi connectivity index (χ0n) is 12.1. The maximum Gasteiger partial charge on any atom is 0.156 e. The highest BCUT2D eigenvalue weighted by atomic mass is 35.5. The van der Waals surface area contributed by atoms with Crippen molar-refractivity contribution < 1.29 is 4.74 Å². The third kappa shape index (κ3) is 3.79. The van der Waals surface area contributed by atoms with Crippen LogP contribution in [0.2, 0.25) is 10.0 Å². The van der Waals surface area contributed by atoms with Gasteiger partial charge in [-0.2, -0.15) is 0 Å². The quantitative estimate of drug-likeness (QED) is 0.868. The van der Waals surface area contributed by atoms with E-state index >= 15 is 0 Å². The van der Waals surface area contributed by atoms with Gasteiger partial charge in [-0.15, -0.1) is 0 Å². The minimum absolute atomic E-state index is 0.546. The first kappa shape index (κ1) is 15.9. The topological polar surface area (TPSA) is 24.5 Å². The first-order valence-corrected chi connectivity index (χ1v) is 7.88. The van der Waals surface area contributed by atoms with Gasteiger partial charge >= 0.3 is 0 Å². The number of rotatable bonds is 6. The second-order valence-corrected chi connectivity index (χ2v) is 5.96. The van der Waals surface area contributed by atoms with Crippen LogP contribution in [0.3, 0.4) is 0 Å². The fourth-order valence-electron chi connectivity index (χ4n) is 2.84. The molecule has 1 aromatic rings. The number of benzene rings is 1. The molecule has 0 aromatic heterocycles. The van der Waals surface area contributed by atoms with Gasteiger partial charge in [-0.05, 0) is 43.6 Å². The van der Waals surface area contributed by atoms with Gasteiger partial charge in [0.05, 0.1) is 17.2 Å². The molecule has 112 valence electrons. The molecule has 5 heteroatoms. The molecule has 0 saturated carbocycles. The van der Waals surface area contributed by atoms with Crippen molar-refractivity contribution in [3.05, 3.63) is 27.7 Å². The van der Waals surface area contributed by atoms with E-state index in [1.54, 1.807) is 7.11 Å². The smallest absolute Gasteiger partial charge is 0.156 e. The average molecular weight is 317 g/mol. The van der Waals surface area contributed by atoms with Gasteiger partial charge in [0.15, 0.2) is 5.75 Å². The molecule has 0 aliphatic carbocycles. The molecule has 0 radical (unpaired) electrons. The summed E-state index contributed by atoms with van der Waals surface area (Å²) in [6.45, 7) is 6.36. The van der Waals surface area contributed by atoms with Crippen LogP contribution < -0.4 is 10.1 Å². The average Bonchev–Trinajstić information content (AvgIpc) is 2.86. The second-order valence-electron chi connectivity index (χ2n) is 5.15. The van der Waals surface area contributed by atoms with E-state index in [9.17, 15) is 0 Å². The van der Waals surface area contributed by atoms with Crippen LogP contribution in [0.15, 0.2) is 12.1 Å². The molecule has 1 saturated heterocycles. The largest absolute Gasteiger partial charge is 0.494 e. The molecule has 20 heavy (non-hydrogen) atoms. The number of hydrogen-bond acceptors (Lipinski definition) is 3. The number of halogens is 2. The summed E-state index contributed by atoms with van der Waals surface area (Å²) < 4.78 is 5.15. The van der Waals surface area contributed by atoms with E-state index in [-0.39, 0.29) is 0 Å². The van der Waals surface area contributed by atoms with Crippen LogP contribution in [-0.2, 0) is 6.54 Å². The monoisotopic (exact) mass is 316 g/mol. The van der Waals surface area contributed by atoms with Gasteiger partial charge in [-0.3, -0.25) is 4.90 Å². The Morgan fingerprint density at radius 2 is 2.05 bits per heavy atom. The predicted molar refractivity (Wildman–Crippen MR) is 85.0 cm³/mol. The van der Waals surface area contributed by atoms with Crippen molar-refractivity contribution in [1.82, 2.24) is 10.2 Å². The minimum Gasteiger partial charge on any atom is -0.494 e. The van der Waals surface area contributed by atoms with Gasteiger partial charge in [0, 0.05) is 19.1 Å². The third-order valence-electron chi connectivity index (χ3n) is 3.88. The lowest BCUT2D eigenvalue weighted by molar-refractivity contribution is 0.260. The minimum atomic E-state index is 0.546. The highest BCUT2D eigenvalue weighted by Gasteiger charge is 2.22. The van der Waals surface area contributed by atoms with Crippen LogP contribution >= 0.6 is 23.2 Å². The van der Waals surface area contributed by atoms with Crippen molar-refractivity contribution in [3.63, 3.8) is 0 Å². The summed E-state index contributed by atoms with van der Waals surface area (Å²) in [5, 5.41) is 4.63. The van der Waals surface area contributed by atoms with Gasteiger partial charge in [0.1, 0.15) is 0 Å². The molecule has 0 spiro atoms. The molecule has 0 amide bonds. The second kappa shape index (κ2) is 7.51. The number of nitrogens with one attached hydrogen (secondary N) is 1. The zero-order chi connectivity index (χ0) is 14.5. The maximum atomic E-state index is 6.14. The van der Waals surface area contributed by atoms with E-state index in [0.717, 1.165) is 25.2 Å². The molecular formula is C15H22Cl2N2O. The summed E-state index contributed by atoms with van der Waals surface area (Å²) in [5.41, 5.74) is 1.09. The Morgan fingerprint density at radius 3 is 2.65 bits per heavy atom. The third-order valence-corrected chi connectivity index (χ3v) is 4.44. The number of likely N-dealkylation sites (N-methyl/N-ethyl adjacent to an activating group) is 1. The summed E-state index contributed by atoms with van der Waals surface area (Å²) in [6.07, 6.45) is 2.59. The maximum absolute atomic E-state index is 6.14. The molecule has 3 nitrogen and oxygen atoms in total. The van der Waals surface area contributed by atoms with Gasteiger partial charge in [-0.25, -0.2) is 0 Å². The Morgan fingerprint density at radius 1 is 1.35 bits per heavy atom. The first-order chi connectivity index (χ1) is 9.65. The van der Waals surface area contributed by atoms with Crippen LogP contribution in [0, 0.1) is 0 Å². The number of methoxy groups -OCH3 is 1. The van der Waals surface area contributed by atoms with E-state index in [0.29, 0.717) is 21.8 Å².